The zero-order valence-corrected chi connectivity index (χ0v) is 20.1. The summed E-state index contributed by atoms with van der Waals surface area (Å²) in [5.41, 5.74) is 2.79. The molecule has 3 atom stereocenters. The molecule has 0 amide bonds. The number of benzene rings is 2. The van der Waals surface area contributed by atoms with Crippen LogP contribution < -0.4 is 0 Å². The molecule has 33 heavy (non-hydrogen) atoms. The summed E-state index contributed by atoms with van der Waals surface area (Å²) in [6, 6.07) is 15.3. The van der Waals surface area contributed by atoms with Gasteiger partial charge in [-0.3, -0.25) is 4.90 Å². The van der Waals surface area contributed by atoms with Crippen LogP contribution in [0.2, 0.25) is 0 Å². The van der Waals surface area contributed by atoms with Crippen molar-refractivity contribution in [3.05, 3.63) is 65.2 Å². The second-order valence-corrected chi connectivity index (χ2v) is 10.7. The number of hydrogen-bond donors (Lipinski definition) is 1. The van der Waals surface area contributed by atoms with E-state index in [0.29, 0.717) is 24.6 Å². The summed E-state index contributed by atoms with van der Waals surface area (Å²) in [6.45, 7) is 4.11. The quantitative estimate of drug-likeness (QED) is 0.683. The summed E-state index contributed by atoms with van der Waals surface area (Å²) in [5.74, 6) is 6.11. The van der Waals surface area contributed by atoms with Gasteiger partial charge in [0.15, 0.2) is 0 Å². The molecule has 2 aromatic carbocycles. The summed E-state index contributed by atoms with van der Waals surface area (Å²) in [4.78, 5) is 2.67. The standard InChI is InChI=1S/C26H32N2O4S/c1-20-8-3-4-10-25(20)33(30,31)27-15-5-6-16-28-23(18-27)26(24(28)19-29)22-13-11-21(12-14-22)9-7-17-32-2/h3-4,8,10-14,23-24,26,29H,5-6,15-19H2,1-2H3/t23-,24-,26+/m0/s1. The zero-order valence-electron chi connectivity index (χ0n) is 19.3. The molecular weight excluding hydrogens is 436 g/mol. The van der Waals surface area contributed by atoms with Crippen LogP contribution in [0.3, 0.4) is 0 Å². The SMILES string of the molecule is COCC#Cc1ccc([C@H]2[C@H](CO)N3CCCCN(S(=O)(=O)c4ccccc4C)C[C@@H]23)cc1. The van der Waals surface area contributed by atoms with Crippen LogP contribution in [0, 0.1) is 18.8 Å². The second-order valence-electron chi connectivity index (χ2n) is 8.77. The summed E-state index contributed by atoms with van der Waals surface area (Å²) in [6.07, 6.45) is 1.72. The number of ether oxygens (including phenoxy) is 1. The Kier molecular flexibility index (Phi) is 7.52. The van der Waals surface area contributed by atoms with Crippen LogP contribution >= 0.6 is 0 Å². The highest BCUT2D eigenvalue weighted by atomic mass is 32.2. The van der Waals surface area contributed by atoms with Gasteiger partial charge in [0, 0.05) is 43.8 Å². The lowest BCUT2D eigenvalue weighted by molar-refractivity contribution is -0.0553. The molecule has 0 unspecified atom stereocenters. The van der Waals surface area contributed by atoms with Gasteiger partial charge in [-0.15, -0.1) is 0 Å². The Hall–Kier alpha value is -2.21. The summed E-state index contributed by atoms with van der Waals surface area (Å²) >= 11 is 0. The average Bonchev–Trinajstić information content (AvgIpc) is 2.79. The maximum atomic E-state index is 13.5. The van der Waals surface area contributed by atoms with E-state index in [1.807, 2.05) is 31.2 Å². The van der Waals surface area contributed by atoms with Crippen LogP contribution in [0.5, 0.6) is 0 Å². The second kappa shape index (κ2) is 10.4. The van der Waals surface area contributed by atoms with E-state index in [4.69, 9.17) is 4.74 Å². The van der Waals surface area contributed by atoms with Gasteiger partial charge < -0.3 is 9.84 Å². The summed E-state index contributed by atoms with van der Waals surface area (Å²) in [5, 5.41) is 10.1. The maximum absolute atomic E-state index is 13.5. The predicted octanol–water partition coefficient (Wildman–Crippen LogP) is 2.61. The Labute approximate surface area is 197 Å². The highest BCUT2D eigenvalue weighted by Crippen LogP contribution is 2.42. The zero-order chi connectivity index (χ0) is 23.4. The van der Waals surface area contributed by atoms with E-state index >= 15 is 0 Å². The van der Waals surface area contributed by atoms with Crippen LogP contribution in [0.15, 0.2) is 53.4 Å². The van der Waals surface area contributed by atoms with Crippen molar-refractivity contribution in [3.8, 4) is 11.8 Å². The maximum Gasteiger partial charge on any atom is 0.243 e. The Bertz CT molecular complexity index is 1120. The van der Waals surface area contributed by atoms with Crippen LogP contribution in [0.25, 0.3) is 0 Å². The number of nitrogens with zero attached hydrogens (tertiary/aromatic N) is 2. The number of fused-ring (bicyclic) bond motifs is 1. The van der Waals surface area contributed by atoms with Crippen molar-refractivity contribution in [3.63, 3.8) is 0 Å². The predicted molar refractivity (Wildman–Crippen MR) is 128 cm³/mol. The Morgan fingerprint density at radius 1 is 1.09 bits per heavy atom. The molecule has 2 aliphatic rings. The van der Waals surface area contributed by atoms with Gasteiger partial charge in [0.25, 0.3) is 0 Å². The molecule has 0 aromatic heterocycles. The number of hydrogen-bond acceptors (Lipinski definition) is 5. The fraction of sp³-hybridized carbons (Fsp3) is 0.462. The molecule has 2 aliphatic heterocycles. The first-order chi connectivity index (χ1) is 16.0. The van der Waals surface area contributed by atoms with E-state index < -0.39 is 10.0 Å². The smallest absolute Gasteiger partial charge is 0.243 e. The van der Waals surface area contributed by atoms with E-state index in [0.717, 1.165) is 36.1 Å². The third-order valence-electron chi connectivity index (χ3n) is 6.79. The van der Waals surface area contributed by atoms with Crippen molar-refractivity contribution in [2.75, 3.05) is 40.0 Å². The molecule has 0 saturated carbocycles. The molecule has 176 valence electrons. The van der Waals surface area contributed by atoms with Gasteiger partial charge in [-0.1, -0.05) is 42.2 Å². The number of sulfonamides is 1. The van der Waals surface area contributed by atoms with Crippen molar-refractivity contribution in [1.82, 2.24) is 9.21 Å². The lowest BCUT2D eigenvalue weighted by Crippen LogP contribution is -2.67. The summed E-state index contributed by atoms with van der Waals surface area (Å²) < 4.78 is 33.7. The van der Waals surface area contributed by atoms with Gasteiger partial charge in [0.1, 0.15) is 6.61 Å². The van der Waals surface area contributed by atoms with Crippen molar-refractivity contribution in [1.29, 1.82) is 0 Å². The number of aliphatic hydroxyl groups excluding tert-OH is 1. The fourth-order valence-electron chi connectivity index (χ4n) is 5.11. The van der Waals surface area contributed by atoms with Gasteiger partial charge in [-0.2, -0.15) is 4.31 Å². The van der Waals surface area contributed by atoms with E-state index in [9.17, 15) is 13.5 Å². The van der Waals surface area contributed by atoms with Crippen molar-refractivity contribution < 1.29 is 18.3 Å². The molecule has 1 N–H and O–H groups in total. The van der Waals surface area contributed by atoms with Gasteiger partial charge in [0.2, 0.25) is 10.0 Å². The van der Waals surface area contributed by atoms with Crippen LogP contribution in [0.4, 0.5) is 0 Å². The molecule has 0 bridgehead atoms. The van der Waals surface area contributed by atoms with E-state index in [-0.39, 0.29) is 24.6 Å². The van der Waals surface area contributed by atoms with Crippen LogP contribution in [-0.2, 0) is 14.8 Å². The molecule has 6 nitrogen and oxygen atoms in total. The van der Waals surface area contributed by atoms with E-state index in [2.05, 4.69) is 28.9 Å². The highest BCUT2D eigenvalue weighted by Gasteiger charge is 2.50. The van der Waals surface area contributed by atoms with E-state index in [1.165, 1.54) is 0 Å². The Morgan fingerprint density at radius 2 is 1.82 bits per heavy atom. The highest BCUT2D eigenvalue weighted by molar-refractivity contribution is 7.89. The molecule has 0 radical (unpaired) electrons. The first-order valence-electron chi connectivity index (χ1n) is 11.5. The van der Waals surface area contributed by atoms with Crippen molar-refractivity contribution in [2.24, 2.45) is 0 Å². The third kappa shape index (κ3) is 4.86. The van der Waals surface area contributed by atoms with Gasteiger partial charge >= 0.3 is 0 Å². The topological polar surface area (TPSA) is 70.1 Å². The minimum atomic E-state index is -3.59. The van der Waals surface area contributed by atoms with Gasteiger partial charge in [0.05, 0.1) is 11.5 Å². The third-order valence-corrected chi connectivity index (χ3v) is 8.81. The minimum absolute atomic E-state index is 0.00143. The molecule has 0 aliphatic carbocycles. The molecule has 2 heterocycles. The monoisotopic (exact) mass is 468 g/mol. The van der Waals surface area contributed by atoms with Gasteiger partial charge in [-0.25, -0.2) is 8.42 Å². The number of methoxy groups -OCH3 is 1. The normalized spacial score (nSPS) is 24.0. The van der Waals surface area contributed by atoms with Gasteiger partial charge in [-0.05, 0) is 55.6 Å². The summed E-state index contributed by atoms with van der Waals surface area (Å²) in [7, 11) is -1.97. The number of aliphatic hydroxyl groups is 1. The van der Waals surface area contributed by atoms with E-state index in [1.54, 1.807) is 23.5 Å². The van der Waals surface area contributed by atoms with Crippen LogP contribution in [-0.4, -0.2) is 74.8 Å². The largest absolute Gasteiger partial charge is 0.395 e. The number of rotatable bonds is 5. The lowest BCUT2D eigenvalue weighted by atomic mass is 9.74. The van der Waals surface area contributed by atoms with Crippen molar-refractivity contribution >= 4 is 10.0 Å². The first-order valence-corrected chi connectivity index (χ1v) is 12.9. The molecule has 7 heteroatoms. The fourth-order valence-corrected chi connectivity index (χ4v) is 6.83. The Morgan fingerprint density at radius 3 is 2.52 bits per heavy atom. The Balaban J connectivity index is 1.60. The molecule has 4 rings (SSSR count). The first kappa shape index (κ1) is 23.9. The van der Waals surface area contributed by atoms with Crippen molar-refractivity contribution in [2.45, 2.75) is 42.7 Å². The molecule has 2 saturated heterocycles. The molecule has 0 spiro atoms. The van der Waals surface area contributed by atoms with Crippen LogP contribution in [0.1, 0.15) is 35.4 Å². The molecule has 2 aromatic rings. The lowest BCUT2D eigenvalue weighted by Gasteiger charge is -2.57. The number of aryl methyl sites for hydroxylation is 1. The molecule has 2 fully saturated rings. The molecular formula is C26H32N2O4S. The average molecular weight is 469 g/mol. The minimum Gasteiger partial charge on any atom is -0.395 e.